The summed E-state index contributed by atoms with van der Waals surface area (Å²) in [4.78, 5) is 0. The van der Waals surface area contributed by atoms with Crippen molar-refractivity contribution in [1.29, 1.82) is 0 Å². The third-order valence-electron chi connectivity index (χ3n) is 3.30. The molecule has 1 rings (SSSR count). The highest BCUT2D eigenvalue weighted by Crippen LogP contribution is 2.34. The fourth-order valence-electron chi connectivity index (χ4n) is 2.25. The first-order chi connectivity index (χ1) is 7.70. The summed E-state index contributed by atoms with van der Waals surface area (Å²) in [6.45, 7) is 8.50. The maximum Gasteiger partial charge on any atom is 0.115 e. The van der Waals surface area contributed by atoms with E-state index >= 15 is 0 Å². The van der Waals surface area contributed by atoms with Crippen LogP contribution in [0.3, 0.4) is 0 Å². The average Bonchev–Trinajstić information content (AvgIpc) is 2.29. The van der Waals surface area contributed by atoms with Gasteiger partial charge in [-0.15, -0.1) is 0 Å². The molecule has 0 saturated carbocycles. The molecule has 0 aromatic carbocycles. The molecule has 1 aliphatic rings. The topological polar surface area (TPSA) is 20.2 Å². The van der Waals surface area contributed by atoms with E-state index in [1.54, 1.807) is 6.08 Å². The highest BCUT2D eigenvalue weighted by atomic mass is 16.3. The van der Waals surface area contributed by atoms with Crippen LogP contribution >= 0.6 is 0 Å². The lowest BCUT2D eigenvalue weighted by Crippen LogP contribution is -2.12. The summed E-state index contributed by atoms with van der Waals surface area (Å²) in [5, 5.41) is 9.93. The summed E-state index contributed by atoms with van der Waals surface area (Å²) in [6.07, 6.45) is 10.6. The van der Waals surface area contributed by atoms with Crippen LogP contribution in [0.4, 0.5) is 0 Å². The largest absolute Gasteiger partial charge is 0.508 e. The fraction of sp³-hybridized carbons (Fsp3) is 0.600. The Morgan fingerprint density at radius 3 is 2.50 bits per heavy atom. The molecule has 1 N–H and O–H groups in total. The summed E-state index contributed by atoms with van der Waals surface area (Å²) in [5.74, 6) is 0.874. The minimum Gasteiger partial charge on any atom is -0.508 e. The van der Waals surface area contributed by atoms with Crippen LogP contribution in [0.15, 0.2) is 35.6 Å². The van der Waals surface area contributed by atoms with Crippen molar-refractivity contribution < 1.29 is 5.11 Å². The first kappa shape index (κ1) is 13.1. The Kier molecular flexibility index (Phi) is 5.37. The molecule has 0 fully saturated rings. The van der Waals surface area contributed by atoms with E-state index in [2.05, 4.69) is 20.4 Å². The van der Waals surface area contributed by atoms with Crippen LogP contribution in [-0.2, 0) is 0 Å². The van der Waals surface area contributed by atoms with E-state index < -0.39 is 0 Å². The van der Waals surface area contributed by atoms with Crippen LogP contribution in [0.1, 0.15) is 52.4 Å². The molecule has 16 heavy (non-hydrogen) atoms. The van der Waals surface area contributed by atoms with Gasteiger partial charge in [-0.2, -0.15) is 0 Å². The molecule has 0 amide bonds. The molecular formula is C15H24O. The van der Waals surface area contributed by atoms with Crippen LogP contribution in [0.5, 0.6) is 0 Å². The van der Waals surface area contributed by atoms with Gasteiger partial charge in [0.05, 0.1) is 0 Å². The predicted octanol–water partition coefficient (Wildman–Crippen LogP) is 4.92. The van der Waals surface area contributed by atoms with E-state index in [-0.39, 0.29) is 0 Å². The SMILES string of the molecule is C=C1C=CC(O)=C(CCCC)C1CCCC. The van der Waals surface area contributed by atoms with Gasteiger partial charge in [-0.1, -0.05) is 45.8 Å². The quantitative estimate of drug-likeness (QED) is 0.673. The lowest BCUT2D eigenvalue weighted by atomic mass is 9.81. The van der Waals surface area contributed by atoms with Crippen LogP contribution in [0.25, 0.3) is 0 Å². The lowest BCUT2D eigenvalue weighted by molar-refractivity contribution is 0.402. The van der Waals surface area contributed by atoms with Gasteiger partial charge >= 0.3 is 0 Å². The molecule has 0 aromatic rings. The van der Waals surface area contributed by atoms with Gasteiger partial charge in [0.2, 0.25) is 0 Å². The van der Waals surface area contributed by atoms with Crippen molar-refractivity contribution in [1.82, 2.24) is 0 Å². The van der Waals surface area contributed by atoms with E-state index in [4.69, 9.17) is 0 Å². The van der Waals surface area contributed by atoms with Gasteiger partial charge in [-0.25, -0.2) is 0 Å². The van der Waals surface area contributed by atoms with Crippen molar-refractivity contribution in [2.45, 2.75) is 52.4 Å². The standard InChI is InChI=1S/C15H24O/c1-4-6-8-13-12(3)10-11-15(16)14(13)9-7-5-2/h10-11,13,16H,3-9H2,1-2H3. The van der Waals surface area contributed by atoms with Gasteiger partial charge in [0.25, 0.3) is 0 Å². The van der Waals surface area contributed by atoms with E-state index in [0.717, 1.165) is 24.8 Å². The van der Waals surface area contributed by atoms with Gasteiger partial charge in [-0.3, -0.25) is 0 Å². The maximum atomic E-state index is 9.93. The predicted molar refractivity (Wildman–Crippen MR) is 70.5 cm³/mol. The van der Waals surface area contributed by atoms with Gasteiger partial charge in [0.1, 0.15) is 5.76 Å². The summed E-state index contributed by atoms with van der Waals surface area (Å²) in [7, 11) is 0. The summed E-state index contributed by atoms with van der Waals surface area (Å²) >= 11 is 0. The molecule has 0 radical (unpaired) electrons. The molecule has 0 bridgehead atoms. The first-order valence-corrected chi connectivity index (χ1v) is 6.49. The van der Waals surface area contributed by atoms with Crippen LogP contribution < -0.4 is 0 Å². The van der Waals surface area contributed by atoms with Crippen molar-refractivity contribution in [3.8, 4) is 0 Å². The Morgan fingerprint density at radius 2 is 1.88 bits per heavy atom. The van der Waals surface area contributed by atoms with Crippen molar-refractivity contribution >= 4 is 0 Å². The van der Waals surface area contributed by atoms with Crippen molar-refractivity contribution in [2.75, 3.05) is 0 Å². The minimum absolute atomic E-state index is 0.386. The maximum absolute atomic E-state index is 9.93. The molecule has 1 nitrogen and oxygen atoms in total. The number of hydrogen-bond donors (Lipinski definition) is 1. The van der Waals surface area contributed by atoms with E-state index in [0.29, 0.717) is 11.7 Å². The van der Waals surface area contributed by atoms with Gasteiger partial charge < -0.3 is 5.11 Å². The minimum atomic E-state index is 0.386. The summed E-state index contributed by atoms with van der Waals surface area (Å²) < 4.78 is 0. The fourth-order valence-corrected chi connectivity index (χ4v) is 2.25. The third-order valence-corrected chi connectivity index (χ3v) is 3.30. The highest BCUT2D eigenvalue weighted by Gasteiger charge is 2.21. The zero-order chi connectivity index (χ0) is 12.0. The van der Waals surface area contributed by atoms with Gasteiger partial charge in [-0.05, 0) is 36.5 Å². The summed E-state index contributed by atoms with van der Waals surface area (Å²) in [5.41, 5.74) is 2.38. The Labute approximate surface area is 99.6 Å². The number of aliphatic hydroxyl groups is 1. The van der Waals surface area contributed by atoms with Crippen molar-refractivity contribution in [3.05, 3.63) is 35.6 Å². The molecule has 1 atom stereocenters. The second-order valence-electron chi connectivity index (χ2n) is 4.62. The highest BCUT2D eigenvalue weighted by molar-refractivity contribution is 5.39. The number of allylic oxidation sites excluding steroid dienone is 4. The molecule has 1 heteroatoms. The molecule has 0 saturated heterocycles. The van der Waals surface area contributed by atoms with Gasteiger partial charge in [0.15, 0.2) is 0 Å². The zero-order valence-corrected chi connectivity index (χ0v) is 10.6. The number of unbranched alkanes of at least 4 members (excludes halogenated alkanes) is 2. The van der Waals surface area contributed by atoms with Crippen LogP contribution in [0, 0.1) is 5.92 Å². The number of aliphatic hydroxyl groups excluding tert-OH is 1. The monoisotopic (exact) mass is 220 g/mol. The van der Waals surface area contributed by atoms with E-state index in [1.165, 1.54) is 24.8 Å². The van der Waals surface area contributed by atoms with E-state index in [9.17, 15) is 5.11 Å². The molecule has 90 valence electrons. The Bertz CT molecular complexity index is 297. The third kappa shape index (κ3) is 3.26. The van der Waals surface area contributed by atoms with Crippen LogP contribution in [-0.4, -0.2) is 5.11 Å². The first-order valence-electron chi connectivity index (χ1n) is 6.49. The molecule has 1 aliphatic carbocycles. The zero-order valence-electron chi connectivity index (χ0n) is 10.6. The van der Waals surface area contributed by atoms with Crippen molar-refractivity contribution in [2.24, 2.45) is 5.92 Å². The molecule has 0 aliphatic heterocycles. The normalized spacial score (nSPS) is 20.6. The Balaban J connectivity index is 2.75. The van der Waals surface area contributed by atoms with E-state index in [1.807, 2.05) is 6.08 Å². The lowest BCUT2D eigenvalue weighted by Gasteiger charge is -2.25. The second-order valence-corrected chi connectivity index (χ2v) is 4.62. The van der Waals surface area contributed by atoms with Crippen LogP contribution in [0.2, 0.25) is 0 Å². The Hall–Kier alpha value is -0.980. The average molecular weight is 220 g/mol. The summed E-state index contributed by atoms with van der Waals surface area (Å²) in [6, 6.07) is 0. The molecular weight excluding hydrogens is 196 g/mol. The van der Waals surface area contributed by atoms with Crippen molar-refractivity contribution in [3.63, 3.8) is 0 Å². The number of hydrogen-bond acceptors (Lipinski definition) is 1. The molecule has 0 heterocycles. The number of rotatable bonds is 6. The second kappa shape index (κ2) is 6.57. The molecule has 1 unspecified atom stereocenters. The van der Waals surface area contributed by atoms with Gasteiger partial charge in [0, 0.05) is 5.92 Å². The smallest absolute Gasteiger partial charge is 0.115 e. The Morgan fingerprint density at radius 1 is 1.19 bits per heavy atom. The molecule has 0 spiro atoms. The molecule has 0 aromatic heterocycles.